The molecule has 1 heterocycles. The molecule has 0 spiro atoms. The molecule has 5 heteroatoms. The quantitative estimate of drug-likeness (QED) is 0.0482. The summed E-state index contributed by atoms with van der Waals surface area (Å²) in [7, 11) is 0. The molecule has 0 radical (unpaired) electrons. The van der Waals surface area contributed by atoms with E-state index in [0.29, 0.717) is 17.9 Å². The molecule has 1 aromatic rings. The van der Waals surface area contributed by atoms with Gasteiger partial charge in [0.25, 0.3) is 0 Å². The highest BCUT2D eigenvalue weighted by Gasteiger charge is 2.50. The zero-order valence-corrected chi connectivity index (χ0v) is 47.1. The molecule has 1 fully saturated rings. The molecule has 0 bridgehead atoms. The molecule has 1 aliphatic heterocycles. The zero-order valence-electron chi connectivity index (χ0n) is 47.1. The van der Waals surface area contributed by atoms with Crippen LogP contribution in [-0.4, -0.2) is 63.0 Å². The molecule has 3 unspecified atom stereocenters. The van der Waals surface area contributed by atoms with Crippen molar-refractivity contribution in [2.75, 3.05) is 46.2 Å². The van der Waals surface area contributed by atoms with Gasteiger partial charge in [0.1, 0.15) is 5.69 Å². The minimum atomic E-state index is 0.172. The summed E-state index contributed by atoms with van der Waals surface area (Å²) in [6.45, 7) is 22.3. The molecule has 0 saturated carbocycles. The van der Waals surface area contributed by atoms with Crippen molar-refractivity contribution in [2.24, 2.45) is 11.8 Å². The van der Waals surface area contributed by atoms with Gasteiger partial charge in [-0.2, -0.15) is 0 Å². The van der Waals surface area contributed by atoms with Gasteiger partial charge in [-0.05, 0) is 63.5 Å². The number of carbonyl (C=O) groups is 1. The van der Waals surface area contributed by atoms with E-state index in [2.05, 4.69) is 71.6 Å². The molecule has 0 N–H and O–H groups in total. The third-order valence-electron chi connectivity index (χ3n) is 16.2. The van der Waals surface area contributed by atoms with Crippen LogP contribution in [-0.2, 0) is 14.3 Å². The summed E-state index contributed by atoms with van der Waals surface area (Å²) < 4.78 is 13.7. The standard InChI is InChI=1S/C63H119N2O3/c1-8-13-18-20-22-24-26-28-30-32-34-36-38-40-52-67-54-43-50-65(62-49-42-45-57(6)58(62)7,51-44-55-68-53-41-39-37-35-33-31-29-27-25-23-21-19-14-9-2)56-64-61(48-17-12-5)59(46-15-10-3)60(63(64)66)47-16-11-4/h42,45,49,59-61H,8-41,43-44,46-48,50-56H2,1-7H3/q+1. The lowest BCUT2D eigenvalue weighted by Gasteiger charge is -2.44. The summed E-state index contributed by atoms with van der Waals surface area (Å²) >= 11 is 0. The molecular weight excluding hydrogens is 833 g/mol. The maximum atomic E-state index is 15.0. The van der Waals surface area contributed by atoms with Crippen LogP contribution in [0.25, 0.3) is 0 Å². The van der Waals surface area contributed by atoms with Crippen molar-refractivity contribution >= 4 is 11.6 Å². The van der Waals surface area contributed by atoms with Crippen LogP contribution in [0.5, 0.6) is 0 Å². The van der Waals surface area contributed by atoms with Crippen LogP contribution in [0.15, 0.2) is 18.2 Å². The molecule has 1 aromatic carbocycles. The van der Waals surface area contributed by atoms with Crippen molar-refractivity contribution in [2.45, 2.75) is 305 Å². The van der Waals surface area contributed by atoms with E-state index in [1.807, 2.05) is 0 Å². The predicted octanol–water partition coefficient (Wildman–Crippen LogP) is 19.4. The zero-order chi connectivity index (χ0) is 49.2. The Morgan fingerprint density at radius 2 is 0.809 bits per heavy atom. The fraction of sp³-hybridized carbons (Fsp3) is 0.889. The number of hydrogen-bond donors (Lipinski definition) is 0. The fourth-order valence-electron chi connectivity index (χ4n) is 11.7. The SMILES string of the molecule is CCCCCCCCCCCCCCCCOCCC[N+](CCCOCCCCCCCCCCCCCCCC)(CN1C(=O)C(CCCC)C(CCCC)C1CCCC)c1cccc(C)c1C. The number of benzene rings is 1. The van der Waals surface area contributed by atoms with E-state index in [1.165, 1.54) is 229 Å². The van der Waals surface area contributed by atoms with E-state index in [1.54, 1.807) is 0 Å². The molecule has 3 atom stereocenters. The number of likely N-dealkylation sites (tertiary alicyclic amines) is 1. The highest BCUT2D eigenvalue weighted by atomic mass is 16.5. The first-order valence-electron chi connectivity index (χ1n) is 30.8. The molecule has 398 valence electrons. The summed E-state index contributed by atoms with van der Waals surface area (Å²) in [4.78, 5) is 17.4. The van der Waals surface area contributed by atoms with E-state index < -0.39 is 0 Å². The molecule has 5 nitrogen and oxygen atoms in total. The van der Waals surface area contributed by atoms with Crippen LogP contribution < -0.4 is 4.48 Å². The highest BCUT2D eigenvalue weighted by Crippen LogP contribution is 2.42. The number of rotatable bonds is 50. The number of hydrogen-bond acceptors (Lipinski definition) is 3. The lowest BCUT2D eigenvalue weighted by atomic mass is 9.81. The highest BCUT2D eigenvalue weighted by molar-refractivity contribution is 5.82. The molecule has 1 aliphatic rings. The Hall–Kier alpha value is -1.43. The van der Waals surface area contributed by atoms with Gasteiger partial charge >= 0.3 is 0 Å². The van der Waals surface area contributed by atoms with E-state index >= 15 is 0 Å². The Labute approximate surface area is 425 Å². The van der Waals surface area contributed by atoms with E-state index in [4.69, 9.17) is 9.47 Å². The number of unbranched alkanes of at least 4 members (excludes halogenated alkanes) is 29. The van der Waals surface area contributed by atoms with Gasteiger partial charge in [0.2, 0.25) is 5.91 Å². The average Bonchev–Trinajstić information content (AvgIpc) is 3.58. The number of nitrogens with zero attached hydrogens (tertiary/aromatic N) is 2. The minimum absolute atomic E-state index is 0.172. The second-order valence-corrected chi connectivity index (χ2v) is 22.1. The van der Waals surface area contributed by atoms with Gasteiger partial charge in [-0.25, -0.2) is 0 Å². The third-order valence-corrected chi connectivity index (χ3v) is 16.2. The van der Waals surface area contributed by atoms with Crippen molar-refractivity contribution in [1.82, 2.24) is 9.38 Å². The molecule has 0 aliphatic carbocycles. The van der Waals surface area contributed by atoms with E-state index in [-0.39, 0.29) is 5.92 Å². The second kappa shape index (κ2) is 43.2. The number of ether oxygens (including phenoxy) is 2. The third kappa shape index (κ3) is 27.4. The molecule has 1 amide bonds. The smallest absolute Gasteiger partial charge is 0.230 e. The first-order chi connectivity index (χ1) is 33.4. The summed E-state index contributed by atoms with van der Waals surface area (Å²) in [5.74, 6) is 1.10. The lowest BCUT2D eigenvalue weighted by Crippen LogP contribution is -2.59. The Morgan fingerprint density at radius 1 is 0.441 bits per heavy atom. The summed E-state index contributed by atoms with van der Waals surface area (Å²) in [5, 5.41) is 0. The molecule has 1 saturated heterocycles. The van der Waals surface area contributed by atoms with Gasteiger partial charge in [-0.3, -0.25) is 14.2 Å². The van der Waals surface area contributed by atoms with Crippen molar-refractivity contribution < 1.29 is 14.3 Å². The maximum absolute atomic E-state index is 15.0. The summed E-state index contributed by atoms with van der Waals surface area (Å²) in [5.41, 5.74) is 4.15. The topological polar surface area (TPSA) is 38.8 Å². The summed E-state index contributed by atoms with van der Waals surface area (Å²) in [6.07, 6.45) is 51.2. The molecular formula is C63H119N2O3+. The maximum Gasteiger partial charge on any atom is 0.230 e. The van der Waals surface area contributed by atoms with Gasteiger partial charge < -0.3 is 9.47 Å². The van der Waals surface area contributed by atoms with E-state index in [0.717, 1.165) is 89.2 Å². The average molecular weight is 953 g/mol. The number of amides is 1. The Morgan fingerprint density at radius 3 is 1.24 bits per heavy atom. The van der Waals surface area contributed by atoms with Crippen molar-refractivity contribution in [3.8, 4) is 0 Å². The first kappa shape index (κ1) is 62.7. The van der Waals surface area contributed by atoms with Gasteiger partial charge in [-0.15, -0.1) is 0 Å². The van der Waals surface area contributed by atoms with Crippen molar-refractivity contribution in [3.05, 3.63) is 29.3 Å². The van der Waals surface area contributed by atoms with Gasteiger partial charge in [-0.1, -0.05) is 252 Å². The minimum Gasteiger partial charge on any atom is -0.381 e. The normalized spacial score (nSPS) is 16.5. The van der Waals surface area contributed by atoms with Crippen LogP contribution in [0, 0.1) is 25.7 Å². The van der Waals surface area contributed by atoms with Crippen LogP contribution in [0.2, 0.25) is 0 Å². The van der Waals surface area contributed by atoms with Gasteiger partial charge in [0, 0.05) is 43.6 Å². The van der Waals surface area contributed by atoms with Crippen molar-refractivity contribution in [1.29, 1.82) is 0 Å². The van der Waals surface area contributed by atoms with Crippen LogP contribution >= 0.6 is 0 Å². The summed E-state index contributed by atoms with van der Waals surface area (Å²) in [6, 6.07) is 7.29. The Balaban J connectivity index is 2.04. The Kier molecular flexibility index (Phi) is 39.8. The monoisotopic (exact) mass is 952 g/mol. The van der Waals surface area contributed by atoms with Gasteiger partial charge in [0.05, 0.1) is 26.3 Å². The Bertz CT molecular complexity index is 1240. The molecule has 2 rings (SSSR count). The number of carbonyl (C=O) groups excluding carboxylic acids is 1. The van der Waals surface area contributed by atoms with Crippen LogP contribution in [0.1, 0.15) is 296 Å². The largest absolute Gasteiger partial charge is 0.381 e. The molecule has 68 heavy (non-hydrogen) atoms. The number of aryl methyl sites for hydroxylation is 1. The van der Waals surface area contributed by atoms with Crippen LogP contribution in [0.4, 0.5) is 5.69 Å². The molecule has 0 aromatic heterocycles. The number of quaternary nitrogens is 1. The predicted molar refractivity (Wildman–Crippen MR) is 300 cm³/mol. The van der Waals surface area contributed by atoms with E-state index in [9.17, 15) is 4.79 Å². The van der Waals surface area contributed by atoms with Crippen LogP contribution in [0.3, 0.4) is 0 Å². The fourth-order valence-corrected chi connectivity index (χ4v) is 11.7. The second-order valence-electron chi connectivity index (χ2n) is 22.1. The van der Waals surface area contributed by atoms with Crippen molar-refractivity contribution in [3.63, 3.8) is 0 Å². The lowest BCUT2D eigenvalue weighted by molar-refractivity contribution is -0.134. The first-order valence-corrected chi connectivity index (χ1v) is 30.8. The van der Waals surface area contributed by atoms with Gasteiger partial charge in [0.15, 0.2) is 6.67 Å².